The molecule has 0 unspecified atom stereocenters. The van der Waals surface area contributed by atoms with Crippen LogP contribution < -0.4 is 16.1 Å². The first-order chi connectivity index (χ1) is 13.3. The molecule has 10 nitrogen and oxygen atoms in total. The van der Waals surface area contributed by atoms with Crippen LogP contribution in [0.2, 0.25) is 0 Å². The van der Waals surface area contributed by atoms with Crippen LogP contribution in [0.25, 0.3) is 11.2 Å². The van der Waals surface area contributed by atoms with Gasteiger partial charge in [0.2, 0.25) is 0 Å². The number of para-hydroxylation sites is 1. The van der Waals surface area contributed by atoms with Crippen molar-refractivity contribution < 1.29 is 14.3 Å². The third-order valence-corrected chi connectivity index (χ3v) is 4.39. The zero-order chi connectivity index (χ0) is 20.4. The third kappa shape index (κ3) is 3.43. The first-order valence-corrected chi connectivity index (χ1v) is 8.39. The van der Waals surface area contributed by atoms with Gasteiger partial charge >= 0.3 is 11.7 Å². The molecule has 3 rings (SSSR count). The minimum Gasteiger partial charge on any atom is -0.454 e. The summed E-state index contributed by atoms with van der Waals surface area (Å²) >= 11 is 0. The van der Waals surface area contributed by atoms with E-state index in [2.05, 4.69) is 4.98 Å². The number of ether oxygens (including phenoxy) is 1. The van der Waals surface area contributed by atoms with Crippen molar-refractivity contribution in [3.05, 3.63) is 57.5 Å². The number of hydrogen-bond acceptors (Lipinski definition) is 6. The van der Waals surface area contributed by atoms with E-state index in [-0.39, 0.29) is 17.7 Å². The number of amides is 1. The lowest BCUT2D eigenvalue weighted by Gasteiger charge is -2.17. The van der Waals surface area contributed by atoms with Crippen LogP contribution in [0.3, 0.4) is 0 Å². The van der Waals surface area contributed by atoms with Crippen molar-refractivity contribution in [2.75, 3.05) is 18.6 Å². The Bertz CT molecular complexity index is 1160. The number of carbonyl (C=O) groups is 2. The molecule has 0 fully saturated rings. The number of aryl methyl sites for hydroxylation is 1. The predicted octanol–water partition coefficient (Wildman–Crippen LogP) is -0.360. The molecule has 0 saturated carbocycles. The SMILES string of the molecule is CN(C(=O)COC(=O)Cn1cnc2c1c(=O)n(C)c(=O)n2C)c1ccccc1. The molecule has 10 heteroatoms. The van der Waals surface area contributed by atoms with Gasteiger partial charge in [0.1, 0.15) is 6.54 Å². The van der Waals surface area contributed by atoms with Crippen molar-refractivity contribution in [3.63, 3.8) is 0 Å². The molecule has 1 aromatic carbocycles. The largest absolute Gasteiger partial charge is 0.454 e. The third-order valence-electron chi connectivity index (χ3n) is 4.39. The van der Waals surface area contributed by atoms with Crippen molar-refractivity contribution in [1.82, 2.24) is 18.7 Å². The van der Waals surface area contributed by atoms with Gasteiger partial charge in [0.15, 0.2) is 17.8 Å². The summed E-state index contributed by atoms with van der Waals surface area (Å²) in [5.41, 5.74) is -0.133. The van der Waals surface area contributed by atoms with Crippen LogP contribution in [-0.4, -0.2) is 44.2 Å². The van der Waals surface area contributed by atoms with Crippen LogP contribution in [0.5, 0.6) is 0 Å². The summed E-state index contributed by atoms with van der Waals surface area (Å²) in [5.74, 6) is -1.10. The summed E-state index contributed by atoms with van der Waals surface area (Å²) in [6.45, 7) is -0.750. The Morgan fingerprint density at radius 1 is 1.11 bits per heavy atom. The molecule has 0 aliphatic carbocycles. The lowest BCUT2D eigenvalue weighted by Crippen LogP contribution is -2.37. The quantitative estimate of drug-likeness (QED) is 0.555. The minimum atomic E-state index is -0.704. The molecule has 0 N–H and O–H groups in total. The van der Waals surface area contributed by atoms with E-state index in [4.69, 9.17) is 4.74 Å². The fourth-order valence-electron chi connectivity index (χ4n) is 2.74. The molecule has 146 valence electrons. The van der Waals surface area contributed by atoms with Crippen LogP contribution in [0, 0.1) is 0 Å². The van der Waals surface area contributed by atoms with Crippen molar-refractivity contribution >= 4 is 28.7 Å². The maximum atomic E-state index is 12.4. The number of carbonyl (C=O) groups excluding carboxylic acids is 2. The number of nitrogens with zero attached hydrogens (tertiary/aromatic N) is 5. The van der Waals surface area contributed by atoms with Gasteiger partial charge in [-0.25, -0.2) is 9.78 Å². The number of benzene rings is 1. The summed E-state index contributed by atoms with van der Waals surface area (Å²) in [7, 11) is 4.41. The molecule has 3 aromatic rings. The topological polar surface area (TPSA) is 108 Å². The monoisotopic (exact) mass is 385 g/mol. The predicted molar refractivity (Wildman–Crippen MR) is 101 cm³/mol. The zero-order valence-corrected chi connectivity index (χ0v) is 15.7. The lowest BCUT2D eigenvalue weighted by atomic mass is 10.3. The van der Waals surface area contributed by atoms with Crippen LogP contribution in [0.15, 0.2) is 46.2 Å². The standard InChI is InChI=1S/C18H19N5O5/c1-20(12-7-5-4-6-8-12)13(24)10-28-14(25)9-23-11-19-16-15(23)17(26)22(3)18(27)21(16)2/h4-8,11H,9-10H2,1-3H3. The van der Waals surface area contributed by atoms with Crippen LogP contribution in [-0.2, 0) is 35.0 Å². The van der Waals surface area contributed by atoms with Crippen LogP contribution in [0.1, 0.15) is 0 Å². The summed E-state index contributed by atoms with van der Waals surface area (Å²) in [4.78, 5) is 54.0. The first-order valence-electron chi connectivity index (χ1n) is 8.39. The van der Waals surface area contributed by atoms with Crippen molar-refractivity contribution in [2.24, 2.45) is 14.1 Å². The summed E-state index contributed by atoms with van der Waals surface area (Å²) in [6.07, 6.45) is 1.28. The van der Waals surface area contributed by atoms with Gasteiger partial charge in [-0.2, -0.15) is 0 Å². The summed E-state index contributed by atoms with van der Waals surface area (Å²) < 4.78 is 8.49. The van der Waals surface area contributed by atoms with Gasteiger partial charge < -0.3 is 14.2 Å². The average molecular weight is 385 g/mol. The van der Waals surface area contributed by atoms with E-state index < -0.39 is 29.7 Å². The van der Waals surface area contributed by atoms with Gasteiger partial charge in [-0.1, -0.05) is 18.2 Å². The highest BCUT2D eigenvalue weighted by Crippen LogP contribution is 2.11. The van der Waals surface area contributed by atoms with E-state index in [1.165, 1.54) is 34.5 Å². The smallest absolute Gasteiger partial charge is 0.332 e. The van der Waals surface area contributed by atoms with E-state index in [1.807, 2.05) is 6.07 Å². The molecule has 0 saturated heterocycles. The highest BCUT2D eigenvalue weighted by Gasteiger charge is 2.18. The summed E-state index contributed by atoms with van der Waals surface area (Å²) in [6, 6.07) is 8.94. The highest BCUT2D eigenvalue weighted by molar-refractivity contribution is 5.94. The van der Waals surface area contributed by atoms with E-state index in [0.717, 1.165) is 4.57 Å². The van der Waals surface area contributed by atoms with E-state index in [1.54, 1.807) is 31.3 Å². The molecular weight excluding hydrogens is 366 g/mol. The van der Waals surface area contributed by atoms with Crippen molar-refractivity contribution in [3.8, 4) is 0 Å². The Kier molecular flexibility index (Phi) is 5.12. The average Bonchev–Trinajstić information content (AvgIpc) is 3.12. The molecule has 28 heavy (non-hydrogen) atoms. The molecular formula is C18H19N5O5. The minimum absolute atomic E-state index is 0.106. The Balaban J connectivity index is 1.71. The number of imidazole rings is 1. The van der Waals surface area contributed by atoms with Crippen LogP contribution >= 0.6 is 0 Å². The Hall–Kier alpha value is -3.69. The van der Waals surface area contributed by atoms with Gasteiger partial charge in [-0.05, 0) is 12.1 Å². The second-order valence-corrected chi connectivity index (χ2v) is 6.20. The molecule has 0 aliphatic rings. The number of anilines is 1. The Morgan fingerprint density at radius 2 is 1.79 bits per heavy atom. The van der Waals surface area contributed by atoms with Gasteiger partial charge in [0, 0.05) is 26.8 Å². The van der Waals surface area contributed by atoms with E-state index >= 15 is 0 Å². The number of fused-ring (bicyclic) bond motifs is 1. The maximum Gasteiger partial charge on any atom is 0.332 e. The number of aromatic nitrogens is 4. The molecule has 0 aliphatic heterocycles. The Labute approximate surface area is 159 Å². The molecule has 2 heterocycles. The zero-order valence-electron chi connectivity index (χ0n) is 15.7. The van der Waals surface area contributed by atoms with Crippen LogP contribution in [0.4, 0.5) is 5.69 Å². The molecule has 0 radical (unpaired) electrons. The first kappa shape index (κ1) is 19.1. The second-order valence-electron chi connectivity index (χ2n) is 6.20. The van der Waals surface area contributed by atoms with Gasteiger partial charge in [-0.3, -0.25) is 23.5 Å². The van der Waals surface area contributed by atoms with E-state index in [9.17, 15) is 19.2 Å². The summed E-state index contributed by atoms with van der Waals surface area (Å²) in [5, 5.41) is 0. The van der Waals surface area contributed by atoms with E-state index in [0.29, 0.717) is 5.69 Å². The number of rotatable bonds is 5. The lowest BCUT2D eigenvalue weighted by molar-refractivity contribution is -0.148. The fraction of sp³-hybridized carbons (Fsp3) is 0.278. The maximum absolute atomic E-state index is 12.4. The second kappa shape index (κ2) is 7.51. The van der Waals surface area contributed by atoms with Gasteiger partial charge in [0.25, 0.3) is 11.5 Å². The molecule has 0 bridgehead atoms. The van der Waals surface area contributed by atoms with Gasteiger partial charge in [-0.15, -0.1) is 0 Å². The normalized spacial score (nSPS) is 10.8. The molecule has 0 spiro atoms. The molecule has 0 atom stereocenters. The number of hydrogen-bond donors (Lipinski definition) is 0. The molecule has 2 aromatic heterocycles. The molecule has 1 amide bonds. The van der Waals surface area contributed by atoms with Gasteiger partial charge in [0.05, 0.1) is 6.33 Å². The highest BCUT2D eigenvalue weighted by atomic mass is 16.5. The fourth-order valence-corrected chi connectivity index (χ4v) is 2.74. The number of esters is 1. The van der Waals surface area contributed by atoms with Crippen molar-refractivity contribution in [1.29, 1.82) is 0 Å². The Morgan fingerprint density at radius 3 is 2.46 bits per heavy atom. The number of likely N-dealkylation sites (N-methyl/N-ethyl adjacent to an activating group) is 1. The van der Waals surface area contributed by atoms with Crippen molar-refractivity contribution in [2.45, 2.75) is 6.54 Å².